The molecule has 0 aromatic heterocycles. The minimum atomic E-state index is -8.01. The van der Waals surface area contributed by atoms with Crippen LogP contribution in [0.1, 0.15) is 55.7 Å². The van der Waals surface area contributed by atoms with Crippen molar-refractivity contribution in [1.82, 2.24) is 0 Å². The average Bonchev–Trinajstić information content (AvgIpc) is 2.82. The first-order valence-electron chi connectivity index (χ1n) is 11.2. The van der Waals surface area contributed by atoms with Crippen LogP contribution in [0.2, 0.25) is 0 Å². The lowest BCUT2D eigenvalue weighted by atomic mass is 9.73. The van der Waals surface area contributed by atoms with Gasteiger partial charge in [-0.05, 0) is 22.6 Å². The second kappa shape index (κ2) is 10.2. The molecule has 0 amide bonds. The van der Waals surface area contributed by atoms with Crippen molar-refractivity contribution in [3.63, 3.8) is 0 Å². The molecule has 14 heteroatoms. The highest BCUT2D eigenvalue weighted by molar-refractivity contribution is 5.34. The monoisotopic (exact) mass is 586 g/mol. The molecule has 220 valence electrons. The van der Waals surface area contributed by atoms with E-state index in [1.807, 2.05) is 0 Å². The Balaban J connectivity index is 2.69. The molecule has 0 aliphatic heterocycles. The number of rotatable bonds is 10. The predicted molar refractivity (Wildman–Crippen MR) is 115 cm³/mol. The van der Waals surface area contributed by atoms with Gasteiger partial charge >= 0.3 is 35.8 Å². The van der Waals surface area contributed by atoms with E-state index in [0.29, 0.717) is 5.56 Å². The van der Waals surface area contributed by atoms with E-state index in [9.17, 15) is 62.2 Å². The highest BCUT2D eigenvalue weighted by Crippen LogP contribution is 2.62. The summed E-state index contributed by atoms with van der Waals surface area (Å²) < 4.78 is 178. The van der Waals surface area contributed by atoms with Gasteiger partial charge in [0.1, 0.15) is 5.60 Å². The van der Waals surface area contributed by atoms with E-state index in [-0.39, 0.29) is 11.5 Å². The van der Waals surface area contributed by atoms with Crippen LogP contribution in [0.25, 0.3) is 0 Å². The van der Waals surface area contributed by atoms with Crippen LogP contribution in [-0.4, -0.2) is 40.9 Å². The van der Waals surface area contributed by atoms with Gasteiger partial charge in [0, 0.05) is 5.92 Å². The zero-order chi connectivity index (χ0) is 30.5. The van der Waals surface area contributed by atoms with Crippen LogP contribution in [0.3, 0.4) is 0 Å². The van der Waals surface area contributed by atoms with Crippen LogP contribution in [0.5, 0.6) is 0 Å². The lowest BCUT2D eigenvalue weighted by Gasteiger charge is -2.43. The van der Waals surface area contributed by atoms with Gasteiger partial charge in [-0.15, -0.1) is 0 Å². The molecule has 1 nitrogen and oxygen atoms in total. The third-order valence-corrected chi connectivity index (χ3v) is 6.58. The summed E-state index contributed by atoms with van der Waals surface area (Å²) in [6.07, 6.45) is -10.3. The van der Waals surface area contributed by atoms with E-state index in [0.717, 1.165) is 19.1 Å². The molecule has 2 aromatic carbocycles. The summed E-state index contributed by atoms with van der Waals surface area (Å²) >= 11 is 0. The van der Waals surface area contributed by atoms with Gasteiger partial charge in [0.25, 0.3) is 0 Å². The Morgan fingerprint density at radius 2 is 1.00 bits per heavy atom. The van der Waals surface area contributed by atoms with Crippen LogP contribution in [-0.2, 0) is 5.60 Å². The largest absolute Gasteiger partial charge is 0.460 e. The second-order valence-electron chi connectivity index (χ2n) is 9.51. The van der Waals surface area contributed by atoms with Gasteiger partial charge in [0.05, 0.1) is 6.42 Å². The number of benzene rings is 2. The summed E-state index contributed by atoms with van der Waals surface area (Å²) in [7, 11) is 0. The molecule has 0 bridgehead atoms. The Labute approximate surface area is 214 Å². The molecule has 0 radical (unpaired) electrons. The number of alkyl halides is 13. The van der Waals surface area contributed by atoms with E-state index in [4.69, 9.17) is 0 Å². The Morgan fingerprint density at radius 3 is 1.41 bits per heavy atom. The maximum absolute atomic E-state index is 14.9. The van der Waals surface area contributed by atoms with E-state index in [1.54, 1.807) is 13.8 Å². The van der Waals surface area contributed by atoms with Crippen LogP contribution < -0.4 is 0 Å². The lowest BCUT2D eigenvalue weighted by Crippen LogP contribution is -2.70. The quantitative estimate of drug-likeness (QED) is 0.276. The molecule has 39 heavy (non-hydrogen) atoms. The fraction of sp³-hybridized carbons (Fsp3) is 0.520. The Morgan fingerprint density at radius 1 is 0.564 bits per heavy atom. The van der Waals surface area contributed by atoms with Crippen molar-refractivity contribution < 1.29 is 62.2 Å². The van der Waals surface area contributed by atoms with E-state index < -0.39 is 59.3 Å². The van der Waals surface area contributed by atoms with Gasteiger partial charge in [-0.2, -0.15) is 57.1 Å². The second-order valence-corrected chi connectivity index (χ2v) is 9.51. The van der Waals surface area contributed by atoms with Crippen molar-refractivity contribution in [2.45, 2.75) is 80.4 Å². The molecule has 0 saturated carbocycles. The van der Waals surface area contributed by atoms with E-state index in [2.05, 4.69) is 0 Å². The molecule has 2 rings (SSSR count). The Kier molecular flexibility index (Phi) is 8.51. The van der Waals surface area contributed by atoms with Gasteiger partial charge in [-0.3, -0.25) is 0 Å². The number of hydrogen-bond donors (Lipinski definition) is 1. The maximum atomic E-state index is 14.9. The van der Waals surface area contributed by atoms with Crippen molar-refractivity contribution in [3.05, 3.63) is 71.3 Å². The predicted octanol–water partition coefficient (Wildman–Crippen LogP) is 8.93. The Bertz CT molecular complexity index is 1110. The van der Waals surface area contributed by atoms with Crippen molar-refractivity contribution in [2.24, 2.45) is 0 Å². The van der Waals surface area contributed by atoms with Crippen molar-refractivity contribution in [1.29, 1.82) is 0 Å². The SMILES string of the molecule is CC(C)c1ccc(C(O)(CC(F)(F)C(F)(F)C(F)(F)C(F)(F)C(F)(F)C(F)(F)F)C(C)c2ccccc2)cc1. The van der Waals surface area contributed by atoms with Crippen molar-refractivity contribution >= 4 is 0 Å². The zero-order valence-corrected chi connectivity index (χ0v) is 20.4. The van der Waals surface area contributed by atoms with Crippen LogP contribution >= 0.6 is 0 Å². The highest BCUT2D eigenvalue weighted by atomic mass is 19.4. The summed E-state index contributed by atoms with van der Waals surface area (Å²) in [6.45, 7) is 4.44. The standard InChI is InChI=1S/C25H23F13O/c1-14(2)16-9-11-18(12-10-16)19(39,15(3)17-7-5-4-6-8-17)13-20(26,27)21(28,29)22(30,31)23(32,33)24(34,35)25(36,37)38/h4-12,14-15,39H,13H2,1-3H3. The summed E-state index contributed by atoms with van der Waals surface area (Å²) in [4.78, 5) is 0. The van der Waals surface area contributed by atoms with Crippen LogP contribution in [0.15, 0.2) is 54.6 Å². The van der Waals surface area contributed by atoms with E-state index in [1.165, 1.54) is 42.5 Å². The molecule has 2 atom stereocenters. The molecule has 0 heterocycles. The first-order valence-corrected chi connectivity index (χ1v) is 11.2. The van der Waals surface area contributed by atoms with Crippen LogP contribution in [0.4, 0.5) is 57.1 Å². The lowest BCUT2D eigenvalue weighted by molar-refractivity contribution is -0.441. The smallest absolute Gasteiger partial charge is 0.384 e. The van der Waals surface area contributed by atoms with Gasteiger partial charge in [0.2, 0.25) is 0 Å². The summed E-state index contributed by atoms with van der Waals surface area (Å²) in [5.74, 6) is -39.5. The van der Waals surface area contributed by atoms with Crippen molar-refractivity contribution in [2.75, 3.05) is 0 Å². The molecule has 2 aromatic rings. The Hall–Kier alpha value is -2.51. The van der Waals surface area contributed by atoms with Gasteiger partial charge < -0.3 is 5.11 Å². The first kappa shape index (κ1) is 32.7. The number of aliphatic hydroxyl groups is 1. The van der Waals surface area contributed by atoms with Gasteiger partial charge in [-0.1, -0.05) is 75.4 Å². The highest BCUT2D eigenvalue weighted by Gasteiger charge is 2.90. The first-order chi connectivity index (χ1) is 17.4. The maximum Gasteiger partial charge on any atom is 0.460 e. The molecular weight excluding hydrogens is 563 g/mol. The van der Waals surface area contributed by atoms with Gasteiger partial charge in [-0.25, -0.2) is 0 Å². The topological polar surface area (TPSA) is 20.2 Å². The molecular formula is C25H23F13O. The number of hydrogen-bond acceptors (Lipinski definition) is 1. The molecule has 0 spiro atoms. The molecule has 0 saturated heterocycles. The molecule has 2 unspecified atom stereocenters. The fourth-order valence-electron chi connectivity index (χ4n) is 3.93. The molecule has 0 aliphatic carbocycles. The normalized spacial score (nSPS) is 16.8. The molecule has 0 fully saturated rings. The average molecular weight is 586 g/mol. The molecule has 1 N–H and O–H groups in total. The third kappa shape index (κ3) is 5.32. The number of halogens is 13. The fourth-order valence-corrected chi connectivity index (χ4v) is 3.93. The summed E-state index contributed by atoms with van der Waals surface area (Å²) in [6, 6.07) is 11.2. The van der Waals surface area contributed by atoms with E-state index >= 15 is 0 Å². The summed E-state index contributed by atoms with van der Waals surface area (Å²) in [5, 5.41) is 11.3. The molecule has 0 aliphatic rings. The minimum Gasteiger partial charge on any atom is -0.384 e. The zero-order valence-electron chi connectivity index (χ0n) is 20.4. The van der Waals surface area contributed by atoms with Gasteiger partial charge in [0.15, 0.2) is 0 Å². The van der Waals surface area contributed by atoms with Crippen molar-refractivity contribution in [3.8, 4) is 0 Å². The summed E-state index contributed by atoms with van der Waals surface area (Å²) in [5.41, 5.74) is -3.24. The third-order valence-electron chi connectivity index (χ3n) is 6.58. The minimum absolute atomic E-state index is 0.00672. The van der Waals surface area contributed by atoms with Crippen LogP contribution in [0, 0.1) is 0 Å².